The second kappa shape index (κ2) is 8.63. The minimum atomic E-state index is 0.298. The lowest BCUT2D eigenvalue weighted by atomic mass is 9.87. The van der Waals surface area contributed by atoms with Crippen LogP contribution >= 0.6 is 11.8 Å². The van der Waals surface area contributed by atoms with Gasteiger partial charge in [-0.2, -0.15) is 0 Å². The van der Waals surface area contributed by atoms with Gasteiger partial charge in [0.1, 0.15) is 0 Å². The molecule has 158 valence electrons. The van der Waals surface area contributed by atoms with Crippen LogP contribution in [0.15, 0.2) is 29.2 Å². The fraction of sp³-hybridized carbons (Fsp3) is 0.720. The molecule has 0 aromatic heterocycles. The Labute approximate surface area is 180 Å². The molecular weight excluding hydrogens is 376 g/mol. The maximum Gasteiger partial charge on any atom is 0.223 e. The number of carbonyl (C=O) groups is 1. The average Bonchev–Trinajstić information content (AvgIpc) is 3.37. The second-order valence-corrected chi connectivity index (χ2v) is 11.5. The first kappa shape index (κ1) is 19.9. The molecule has 1 N–H and O–H groups in total. The number of amides is 1. The van der Waals surface area contributed by atoms with Crippen molar-refractivity contribution in [3.05, 3.63) is 29.8 Å². The first-order valence-electron chi connectivity index (χ1n) is 11.9. The quantitative estimate of drug-likeness (QED) is 0.758. The van der Waals surface area contributed by atoms with Gasteiger partial charge in [0.25, 0.3) is 0 Å². The monoisotopic (exact) mass is 412 g/mol. The SMILES string of the molecule is CC1CCC(NC(=O)[C@@H]2C[C@H]2CN2CCC(C3Cc4ccccc4S3)CC2)CC1. The van der Waals surface area contributed by atoms with Gasteiger partial charge in [0, 0.05) is 28.6 Å². The summed E-state index contributed by atoms with van der Waals surface area (Å²) in [4.78, 5) is 16.8. The first-order chi connectivity index (χ1) is 14.2. The van der Waals surface area contributed by atoms with Gasteiger partial charge in [0.15, 0.2) is 0 Å². The maximum atomic E-state index is 12.6. The Bertz CT molecular complexity index is 696. The van der Waals surface area contributed by atoms with E-state index in [2.05, 4.69) is 53.2 Å². The zero-order valence-corrected chi connectivity index (χ0v) is 18.6. The van der Waals surface area contributed by atoms with Gasteiger partial charge in [-0.15, -0.1) is 11.8 Å². The Morgan fingerprint density at radius 3 is 2.62 bits per heavy atom. The van der Waals surface area contributed by atoms with Crippen molar-refractivity contribution in [3.8, 4) is 0 Å². The molecule has 3 nitrogen and oxygen atoms in total. The Hall–Kier alpha value is -1.00. The van der Waals surface area contributed by atoms with Crippen LogP contribution in [0.25, 0.3) is 0 Å². The van der Waals surface area contributed by atoms with Crippen molar-refractivity contribution in [3.63, 3.8) is 0 Å². The van der Waals surface area contributed by atoms with Crippen LogP contribution in [0.2, 0.25) is 0 Å². The van der Waals surface area contributed by atoms with Crippen LogP contribution in [0.5, 0.6) is 0 Å². The smallest absolute Gasteiger partial charge is 0.223 e. The summed E-state index contributed by atoms with van der Waals surface area (Å²) in [6.45, 7) is 5.93. The lowest BCUT2D eigenvalue weighted by Crippen LogP contribution is -2.40. The number of hydrogen-bond acceptors (Lipinski definition) is 3. The van der Waals surface area contributed by atoms with E-state index in [1.807, 2.05) is 0 Å². The molecule has 1 saturated heterocycles. The molecule has 2 saturated carbocycles. The molecule has 0 bridgehead atoms. The largest absolute Gasteiger partial charge is 0.353 e. The van der Waals surface area contributed by atoms with E-state index >= 15 is 0 Å². The average molecular weight is 413 g/mol. The van der Waals surface area contributed by atoms with Crippen molar-refractivity contribution in [2.24, 2.45) is 23.7 Å². The normalized spacial score (nSPS) is 35.3. The van der Waals surface area contributed by atoms with E-state index in [0.717, 1.165) is 30.1 Å². The number of rotatable bonds is 5. The number of fused-ring (bicyclic) bond motifs is 1. The summed E-state index contributed by atoms with van der Waals surface area (Å²) >= 11 is 2.12. The van der Waals surface area contributed by atoms with Crippen molar-refractivity contribution >= 4 is 17.7 Å². The van der Waals surface area contributed by atoms with Crippen LogP contribution in [0.3, 0.4) is 0 Å². The molecule has 1 unspecified atom stereocenters. The highest BCUT2D eigenvalue weighted by atomic mass is 32.2. The highest BCUT2D eigenvalue weighted by Crippen LogP contribution is 2.44. The molecule has 1 aromatic carbocycles. The molecule has 4 aliphatic rings. The van der Waals surface area contributed by atoms with Gasteiger partial charge < -0.3 is 10.2 Å². The molecular formula is C25H36N2OS. The van der Waals surface area contributed by atoms with E-state index < -0.39 is 0 Å². The second-order valence-electron chi connectivity index (χ2n) is 10.2. The molecule has 2 heterocycles. The number of carbonyl (C=O) groups excluding carboxylic acids is 1. The number of likely N-dealkylation sites (tertiary alicyclic amines) is 1. The zero-order chi connectivity index (χ0) is 19.8. The third-order valence-electron chi connectivity index (χ3n) is 7.94. The molecule has 2 aliphatic carbocycles. The van der Waals surface area contributed by atoms with Crippen LogP contribution in [-0.2, 0) is 11.2 Å². The minimum absolute atomic E-state index is 0.298. The van der Waals surface area contributed by atoms with E-state index in [0.29, 0.717) is 23.8 Å². The fourth-order valence-electron chi connectivity index (χ4n) is 5.79. The van der Waals surface area contributed by atoms with E-state index in [4.69, 9.17) is 0 Å². The van der Waals surface area contributed by atoms with E-state index in [9.17, 15) is 4.79 Å². The molecule has 1 amide bonds. The van der Waals surface area contributed by atoms with Crippen LogP contribution in [-0.4, -0.2) is 41.7 Å². The van der Waals surface area contributed by atoms with Gasteiger partial charge in [-0.25, -0.2) is 0 Å². The van der Waals surface area contributed by atoms with Gasteiger partial charge >= 0.3 is 0 Å². The lowest BCUT2D eigenvalue weighted by molar-refractivity contribution is -0.123. The van der Waals surface area contributed by atoms with Gasteiger partial charge in [-0.3, -0.25) is 4.79 Å². The lowest BCUT2D eigenvalue weighted by Gasteiger charge is -2.34. The molecule has 5 rings (SSSR count). The standard InChI is InChI=1S/C25H36N2OS/c1-17-6-8-21(9-7-17)26-25(28)22-14-20(22)16-27-12-10-18(11-13-27)24-15-19-4-2-3-5-23(19)29-24/h2-5,17-18,20-22,24H,6-16H2,1H3,(H,26,28)/t17?,20-,21?,22+,24?/m0/s1. The molecule has 1 aromatic rings. The molecule has 3 atom stereocenters. The topological polar surface area (TPSA) is 32.3 Å². The number of nitrogens with zero attached hydrogens (tertiary/aromatic N) is 1. The fourth-order valence-corrected chi connectivity index (χ4v) is 7.31. The maximum absolute atomic E-state index is 12.6. The highest BCUT2D eigenvalue weighted by Gasteiger charge is 2.44. The molecule has 29 heavy (non-hydrogen) atoms. The predicted molar refractivity (Wildman–Crippen MR) is 120 cm³/mol. The first-order valence-corrected chi connectivity index (χ1v) is 12.8. The number of piperidine rings is 1. The van der Waals surface area contributed by atoms with Crippen molar-refractivity contribution in [2.45, 2.75) is 74.5 Å². The Kier molecular flexibility index (Phi) is 5.93. The van der Waals surface area contributed by atoms with E-state index in [1.54, 1.807) is 5.56 Å². The zero-order valence-electron chi connectivity index (χ0n) is 17.8. The van der Waals surface area contributed by atoms with E-state index in [1.165, 1.54) is 62.9 Å². The van der Waals surface area contributed by atoms with Crippen LogP contribution in [0.1, 0.15) is 57.4 Å². The Morgan fingerprint density at radius 2 is 1.86 bits per heavy atom. The molecule has 2 aliphatic heterocycles. The summed E-state index contributed by atoms with van der Waals surface area (Å²) in [5, 5.41) is 4.15. The van der Waals surface area contributed by atoms with E-state index in [-0.39, 0.29) is 0 Å². The van der Waals surface area contributed by atoms with Crippen LogP contribution in [0, 0.1) is 23.7 Å². The van der Waals surface area contributed by atoms with Crippen LogP contribution in [0.4, 0.5) is 0 Å². The number of benzene rings is 1. The van der Waals surface area contributed by atoms with Gasteiger partial charge in [-0.05, 0) is 93.8 Å². The van der Waals surface area contributed by atoms with Crippen molar-refractivity contribution in [1.82, 2.24) is 10.2 Å². The summed E-state index contributed by atoms with van der Waals surface area (Å²) in [6, 6.07) is 9.41. The molecule has 4 heteroatoms. The highest BCUT2D eigenvalue weighted by molar-refractivity contribution is 8.00. The third kappa shape index (κ3) is 4.69. The van der Waals surface area contributed by atoms with Gasteiger partial charge in [-0.1, -0.05) is 25.1 Å². The van der Waals surface area contributed by atoms with Crippen molar-refractivity contribution < 1.29 is 4.79 Å². The third-order valence-corrected chi connectivity index (χ3v) is 9.45. The summed E-state index contributed by atoms with van der Waals surface area (Å²) in [6.07, 6.45) is 9.95. The summed E-state index contributed by atoms with van der Waals surface area (Å²) in [7, 11) is 0. The van der Waals surface area contributed by atoms with Gasteiger partial charge in [0.05, 0.1) is 0 Å². The minimum Gasteiger partial charge on any atom is -0.353 e. The Morgan fingerprint density at radius 1 is 1.10 bits per heavy atom. The number of nitrogens with one attached hydrogen (secondary N) is 1. The predicted octanol–water partition coefficient (Wildman–Crippen LogP) is 4.75. The molecule has 0 radical (unpaired) electrons. The van der Waals surface area contributed by atoms with Crippen molar-refractivity contribution in [2.75, 3.05) is 19.6 Å². The Balaban J connectivity index is 1.02. The van der Waals surface area contributed by atoms with Crippen LogP contribution < -0.4 is 5.32 Å². The summed E-state index contributed by atoms with van der Waals surface area (Å²) in [5.74, 6) is 2.96. The summed E-state index contributed by atoms with van der Waals surface area (Å²) < 4.78 is 0. The number of thioether (sulfide) groups is 1. The van der Waals surface area contributed by atoms with Crippen molar-refractivity contribution in [1.29, 1.82) is 0 Å². The molecule has 3 fully saturated rings. The molecule has 0 spiro atoms. The van der Waals surface area contributed by atoms with Gasteiger partial charge in [0.2, 0.25) is 5.91 Å². The summed E-state index contributed by atoms with van der Waals surface area (Å²) in [5.41, 5.74) is 1.56. The number of hydrogen-bond donors (Lipinski definition) is 1.